The van der Waals surface area contributed by atoms with Crippen LogP contribution in [0.4, 0.5) is 0 Å². The number of benzene rings is 2. The van der Waals surface area contributed by atoms with Crippen molar-refractivity contribution in [3.05, 3.63) is 57.6 Å². The standard InChI is InChI=1S/C15H15Cl2NO2/c1-19-13-8-10(7-12(17)15(13)20-2)14(18)9-4-3-5-11(16)6-9/h3-8,14H,18H2,1-2H3. The summed E-state index contributed by atoms with van der Waals surface area (Å²) in [6.07, 6.45) is 0. The van der Waals surface area contributed by atoms with E-state index < -0.39 is 0 Å². The van der Waals surface area contributed by atoms with Crippen LogP contribution in [0.1, 0.15) is 17.2 Å². The van der Waals surface area contributed by atoms with E-state index in [1.807, 2.05) is 24.3 Å². The first-order chi connectivity index (χ1) is 9.56. The molecule has 20 heavy (non-hydrogen) atoms. The number of halogens is 2. The molecule has 2 aromatic rings. The summed E-state index contributed by atoms with van der Waals surface area (Å²) >= 11 is 12.2. The predicted molar refractivity (Wildman–Crippen MR) is 82.0 cm³/mol. The number of methoxy groups -OCH3 is 2. The fourth-order valence-corrected chi connectivity index (χ4v) is 2.50. The van der Waals surface area contributed by atoms with Crippen LogP contribution in [0.15, 0.2) is 36.4 Å². The van der Waals surface area contributed by atoms with E-state index in [2.05, 4.69) is 0 Å². The van der Waals surface area contributed by atoms with Crippen molar-refractivity contribution in [2.24, 2.45) is 5.73 Å². The molecule has 0 saturated heterocycles. The molecule has 0 aromatic heterocycles. The van der Waals surface area contributed by atoms with Crippen LogP contribution in [0, 0.1) is 0 Å². The maximum absolute atomic E-state index is 6.26. The largest absolute Gasteiger partial charge is 0.493 e. The summed E-state index contributed by atoms with van der Waals surface area (Å²) in [6, 6.07) is 10.7. The summed E-state index contributed by atoms with van der Waals surface area (Å²) in [6.45, 7) is 0. The Hall–Kier alpha value is -1.42. The van der Waals surface area contributed by atoms with Crippen LogP contribution in [-0.4, -0.2) is 14.2 Å². The normalized spacial score (nSPS) is 12.1. The van der Waals surface area contributed by atoms with Gasteiger partial charge in [-0.25, -0.2) is 0 Å². The molecule has 0 aliphatic heterocycles. The molecule has 0 aliphatic carbocycles. The average Bonchev–Trinajstić information content (AvgIpc) is 2.45. The van der Waals surface area contributed by atoms with Crippen LogP contribution in [0.2, 0.25) is 10.0 Å². The molecule has 1 atom stereocenters. The molecule has 0 heterocycles. The Morgan fingerprint density at radius 1 is 1.00 bits per heavy atom. The first-order valence-corrected chi connectivity index (χ1v) is 6.75. The SMILES string of the molecule is COc1cc(C(N)c2cccc(Cl)c2)cc(Cl)c1OC. The molecule has 2 rings (SSSR count). The maximum Gasteiger partial charge on any atom is 0.179 e. The summed E-state index contributed by atoms with van der Waals surface area (Å²) in [5.41, 5.74) is 7.99. The van der Waals surface area contributed by atoms with Gasteiger partial charge in [-0.3, -0.25) is 0 Å². The van der Waals surface area contributed by atoms with E-state index in [-0.39, 0.29) is 6.04 Å². The molecule has 2 N–H and O–H groups in total. The molecule has 1 unspecified atom stereocenters. The van der Waals surface area contributed by atoms with Crippen LogP contribution in [-0.2, 0) is 0 Å². The number of ether oxygens (including phenoxy) is 2. The zero-order chi connectivity index (χ0) is 14.7. The Kier molecular flexibility index (Phi) is 4.76. The molecule has 0 bridgehead atoms. The van der Waals surface area contributed by atoms with Gasteiger partial charge in [0, 0.05) is 5.02 Å². The third-order valence-corrected chi connectivity index (χ3v) is 3.54. The lowest BCUT2D eigenvalue weighted by Gasteiger charge is -2.17. The molecule has 2 aromatic carbocycles. The highest BCUT2D eigenvalue weighted by atomic mass is 35.5. The molecule has 5 heteroatoms. The van der Waals surface area contributed by atoms with Crippen LogP contribution in [0.3, 0.4) is 0 Å². The number of nitrogens with two attached hydrogens (primary N) is 1. The Morgan fingerprint density at radius 2 is 1.75 bits per heavy atom. The molecular formula is C15H15Cl2NO2. The van der Waals surface area contributed by atoms with Gasteiger partial charge in [-0.05, 0) is 35.4 Å². The van der Waals surface area contributed by atoms with E-state index in [1.54, 1.807) is 26.4 Å². The fourth-order valence-electron chi connectivity index (χ4n) is 2.01. The smallest absolute Gasteiger partial charge is 0.179 e. The highest BCUT2D eigenvalue weighted by molar-refractivity contribution is 6.32. The van der Waals surface area contributed by atoms with Gasteiger partial charge in [0.05, 0.1) is 25.3 Å². The number of rotatable bonds is 4. The molecule has 3 nitrogen and oxygen atoms in total. The van der Waals surface area contributed by atoms with E-state index in [4.69, 9.17) is 38.4 Å². The highest BCUT2D eigenvalue weighted by Gasteiger charge is 2.16. The maximum atomic E-state index is 6.26. The Labute approximate surface area is 128 Å². The topological polar surface area (TPSA) is 44.5 Å². The average molecular weight is 312 g/mol. The minimum absolute atomic E-state index is 0.342. The summed E-state index contributed by atoms with van der Waals surface area (Å²) in [4.78, 5) is 0. The second-order valence-electron chi connectivity index (χ2n) is 4.27. The zero-order valence-electron chi connectivity index (χ0n) is 11.2. The first kappa shape index (κ1) is 15.0. The van der Waals surface area contributed by atoms with Crippen molar-refractivity contribution in [1.82, 2.24) is 0 Å². The minimum atomic E-state index is -0.342. The number of hydrogen-bond donors (Lipinski definition) is 1. The van der Waals surface area contributed by atoms with Gasteiger partial charge in [-0.15, -0.1) is 0 Å². The molecule has 0 saturated carbocycles. The molecule has 0 radical (unpaired) electrons. The zero-order valence-corrected chi connectivity index (χ0v) is 12.7. The number of hydrogen-bond acceptors (Lipinski definition) is 3. The second kappa shape index (κ2) is 6.35. The molecule has 106 valence electrons. The van der Waals surface area contributed by atoms with Crippen molar-refractivity contribution in [3.63, 3.8) is 0 Å². The van der Waals surface area contributed by atoms with Crippen LogP contribution < -0.4 is 15.2 Å². The van der Waals surface area contributed by atoms with Gasteiger partial charge in [0.2, 0.25) is 0 Å². The van der Waals surface area contributed by atoms with E-state index in [0.717, 1.165) is 11.1 Å². The van der Waals surface area contributed by atoms with Crippen molar-refractivity contribution >= 4 is 23.2 Å². The predicted octanol–water partition coefficient (Wildman–Crippen LogP) is 4.06. The Morgan fingerprint density at radius 3 is 2.35 bits per heavy atom. The lowest BCUT2D eigenvalue weighted by atomic mass is 9.99. The summed E-state index contributed by atoms with van der Waals surface area (Å²) < 4.78 is 10.5. The van der Waals surface area contributed by atoms with Crippen molar-refractivity contribution in [3.8, 4) is 11.5 Å². The summed E-state index contributed by atoms with van der Waals surface area (Å²) in [7, 11) is 3.10. The van der Waals surface area contributed by atoms with E-state index in [9.17, 15) is 0 Å². The Balaban J connectivity index is 2.45. The van der Waals surface area contributed by atoms with Gasteiger partial charge in [0.25, 0.3) is 0 Å². The highest BCUT2D eigenvalue weighted by Crippen LogP contribution is 2.38. The molecule has 0 aliphatic rings. The van der Waals surface area contributed by atoms with Gasteiger partial charge < -0.3 is 15.2 Å². The van der Waals surface area contributed by atoms with Crippen molar-refractivity contribution in [1.29, 1.82) is 0 Å². The van der Waals surface area contributed by atoms with E-state index in [1.165, 1.54) is 0 Å². The van der Waals surface area contributed by atoms with Gasteiger partial charge in [0.15, 0.2) is 11.5 Å². The first-order valence-electron chi connectivity index (χ1n) is 5.99. The quantitative estimate of drug-likeness (QED) is 0.926. The van der Waals surface area contributed by atoms with Crippen molar-refractivity contribution in [2.45, 2.75) is 6.04 Å². The molecule has 0 amide bonds. The molecule has 0 fully saturated rings. The third kappa shape index (κ3) is 3.01. The minimum Gasteiger partial charge on any atom is -0.493 e. The second-order valence-corrected chi connectivity index (χ2v) is 5.11. The van der Waals surface area contributed by atoms with Crippen molar-refractivity contribution in [2.75, 3.05) is 14.2 Å². The molecule has 0 spiro atoms. The van der Waals surface area contributed by atoms with Crippen LogP contribution in [0.25, 0.3) is 0 Å². The van der Waals surface area contributed by atoms with Gasteiger partial charge in [-0.2, -0.15) is 0 Å². The monoisotopic (exact) mass is 311 g/mol. The third-order valence-electron chi connectivity index (χ3n) is 3.02. The lowest BCUT2D eigenvalue weighted by Crippen LogP contribution is -2.12. The summed E-state index contributed by atoms with van der Waals surface area (Å²) in [5.74, 6) is 1.05. The van der Waals surface area contributed by atoms with Gasteiger partial charge in [0.1, 0.15) is 0 Å². The Bertz CT molecular complexity index is 617. The lowest BCUT2D eigenvalue weighted by molar-refractivity contribution is 0.354. The van der Waals surface area contributed by atoms with Crippen LogP contribution >= 0.6 is 23.2 Å². The van der Waals surface area contributed by atoms with Gasteiger partial charge >= 0.3 is 0 Å². The van der Waals surface area contributed by atoms with E-state index >= 15 is 0 Å². The fraction of sp³-hybridized carbons (Fsp3) is 0.200. The van der Waals surface area contributed by atoms with E-state index in [0.29, 0.717) is 21.5 Å². The van der Waals surface area contributed by atoms with Gasteiger partial charge in [-0.1, -0.05) is 35.3 Å². The van der Waals surface area contributed by atoms with Crippen LogP contribution in [0.5, 0.6) is 11.5 Å². The van der Waals surface area contributed by atoms with Crippen molar-refractivity contribution < 1.29 is 9.47 Å². The summed E-state index contributed by atoms with van der Waals surface area (Å²) in [5, 5.41) is 1.10. The molecular weight excluding hydrogens is 297 g/mol.